The third-order valence-corrected chi connectivity index (χ3v) is 5.83. The van der Waals surface area contributed by atoms with Gasteiger partial charge in [0.25, 0.3) is 0 Å². The lowest BCUT2D eigenvalue weighted by Gasteiger charge is -2.23. The molecule has 0 atom stereocenters. The van der Waals surface area contributed by atoms with Crippen LogP contribution in [0.25, 0.3) is 0 Å². The fourth-order valence-electron chi connectivity index (χ4n) is 3.09. The largest absolute Gasteiger partial charge is 0.491 e. The molecule has 8 heteroatoms. The number of benzene rings is 2. The molecule has 0 aliphatic carbocycles. The maximum atomic E-state index is 6.00. The van der Waals surface area contributed by atoms with E-state index in [2.05, 4.69) is 29.2 Å². The van der Waals surface area contributed by atoms with Crippen LogP contribution in [0.15, 0.2) is 53.9 Å². The monoisotopic (exact) mass is 476 g/mol. The second kappa shape index (κ2) is 13.3. The molecule has 0 saturated carbocycles. The number of thiazole rings is 1. The van der Waals surface area contributed by atoms with Gasteiger partial charge in [0, 0.05) is 32.7 Å². The first-order valence-electron chi connectivity index (χ1n) is 10.4. The second-order valence-corrected chi connectivity index (χ2v) is 8.19. The van der Waals surface area contributed by atoms with Gasteiger partial charge in [-0.15, -0.1) is 22.9 Å². The van der Waals surface area contributed by atoms with E-state index in [9.17, 15) is 0 Å². The van der Waals surface area contributed by atoms with E-state index in [1.54, 1.807) is 25.6 Å². The summed E-state index contributed by atoms with van der Waals surface area (Å²) in [7, 11) is 3.33. The van der Waals surface area contributed by atoms with E-state index in [1.165, 1.54) is 0 Å². The predicted molar refractivity (Wildman–Crippen MR) is 129 cm³/mol. The van der Waals surface area contributed by atoms with Crippen LogP contribution in [-0.2, 0) is 28.4 Å². The van der Waals surface area contributed by atoms with Crippen LogP contribution in [0.1, 0.15) is 16.8 Å². The van der Waals surface area contributed by atoms with E-state index < -0.39 is 0 Å². The summed E-state index contributed by atoms with van der Waals surface area (Å²) in [6.07, 6.45) is 0. The molecule has 3 rings (SSSR count). The average molecular weight is 477 g/mol. The third kappa shape index (κ3) is 7.67. The molecule has 1 heterocycles. The van der Waals surface area contributed by atoms with E-state index in [0.29, 0.717) is 45.4 Å². The van der Waals surface area contributed by atoms with E-state index in [4.69, 9.17) is 35.5 Å². The van der Waals surface area contributed by atoms with Crippen molar-refractivity contribution in [2.24, 2.45) is 0 Å². The number of rotatable bonds is 14. The minimum atomic E-state index is 0.399. The minimum absolute atomic E-state index is 0.399. The predicted octanol–water partition coefficient (Wildman–Crippen LogP) is 5.14. The molecule has 0 amide bonds. The van der Waals surface area contributed by atoms with Crippen molar-refractivity contribution in [3.05, 3.63) is 70.7 Å². The number of hydrogen-bond acceptors (Lipinski definition) is 7. The van der Waals surface area contributed by atoms with Crippen LogP contribution in [0.2, 0.25) is 0 Å². The molecule has 3 aromatic rings. The van der Waals surface area contributed by atoms with Crippen LogP contribution in [0, 0.1) is 0 Å². The Bertz CT molecular complexity index is 898. The summed E-state index contributed by atoms with van der Waals surface area (Å²) >= 11 is 7.60. The highest BCUT2D eigenvalue weighted by molar-refractivity contribution is 7.13. The van der Waals surface area contributed by atoms with E-state index in [-0.39, 0.29) is 0 Å². The fraction of sp³-hybridized carbons (Fsp3) is 0.375. The Labute approximate surface area is 198 Å². The van der Waals surface area contributed by atoms with Crippen LogP contribution in [-0.4, -0.2) is 45.6 Å². The summed E-state index contributed by atoms with van der Waals surface area (Å²) in [5, 5.41) is 2.93. The molecule has 0 fully saturated rings. The number of methoxy groups -OCH3 is 2. The first-order chi connectivity index (χ1) is 15.7. The number of alkyl halides is 1. The Hall–Kier alpha value is -2.32. The quantitative estimate of drug-likeness (QED) is 0.237. The van der Waals surface area contributed by atoms with Crippen molar-refractivity contribution >= 4 is 28.1 Å². The van der Waals surface area contributed by atoms with Gasteiger partial charge in [0.1, 0.15) is 24.7 Å². The number of anilines is 1. The zero-order valence-electron chi connectivity index (χ0n) is 18.5. The maximum absolute atomic E-state index is 6.00. The summed E-state index contributed by atoms with van der Waals surface area (Å²) in [6, 6.07) is 16.2. The van der Waals surface area contributed by atoms with Crippen LogP contribution >= 0.6 is 22.9 Å². The molecule has 0 spiro atoms. The maximum Gasteiger partial charge on any atom is 0.186 e. The molecule has 1 aromatic heterocycles. The molecule has 0 aliphatic rings. The van der Waals surface area contributed by atoms with Gasteiger partial charge in [0.2, 0.25) is 0 Å². The van der Waals surface area contributed by atoms with Crippen molar-refractivity contribution in [2.45, 2.75) is 19.0 Å². The Morgan fingerprint density at radius 3 is 1.88 bits per heavy atom. The average Bonchev–Trinajstić information content (AvgIpc) is 3.29. The molecule has 0 radical (unpaired) electrons. The smallest absolute Gasteiger partial charge is 0.186 e. The fourth-order valence-corrected chi connectivity index (χ4v) is 4.14. The molecule has 32 heavy (non-hydrogen) atoms. The summed E-state index contributed by atoms with van der Waals surface area (Å²) in [5.41, 5.74) is 3.15. The van der Waals surface area contributed by atoms with Gasteiger partial charge in [-0.3, -0.25) is 0 Å². The lowest BCUT2D eigenvalue weighted by molar-refractivity contribution is 0.146. The number of nitrogens with zero attached hydrogens (tertiary/aromatic N) is 2. The van der Waals surface area contributed by atoms with Crippen molar-refractivity contribution in [3.63, 3.8) is 0 Å². The van der Waals surface area contributed by atoms with Gasteiger partial charge < -0.3 is 23.8 Å². The summed E-state index contributed by atoms with van der Waals surface area (Å²) < 4.78 is 21.7. The Balaban J connectivity index is 1.76. The number of ether oxygens (including phenoxy) is 4. The van der Waals surface area contributed by atoms with Crippen molar-refractivity contribution in [1.29, 1.82) is 0 Å². The lowest BCUT2D eigenvalue weighted by Crippen LogP contribution is -2.22. The molecular weight excluding hydrogens is 448 g/mol. The van der Waals surface area contributed by atoms with Crippen molar-refractivity contribution < 1.29 is 18.9 Å². The van der Waals surface area contributed by atoms with Crippen molar-refractivity contribution in [2.75, 3.05) is 45.5 Å². The molecule has 2 aromatic carbocycles. The minimum Gasteiger partial charge on any atom is -0.491 e. The molecule has 0 aliphatic heterocycles. The SMILES string of the molecule is COCCOc1cccc(CN(Cc2cccc(OCCOC)c2)c2nc(CCl)cs2)c1. The number of aromatic nitrogens is 1. The zero-order valence-corrected chi connectivity index (χ0v) is 20.0. The van der Waals surface area contributed by atoms with Crippen molar-refractivity contribution in [3.8, 4) is 11.5 Å². The first-order valence-corrected chi connectivity index (χ1v) is 11.8. The molecule has 0 unspecified atom stereocenters. The van der Waals surface area contributed by atoms with Crippen LogP contribution in [0.3, 0.4) is 0 Å². The Morgan fingerprint density at radius 1 is 0.844 bits per heavy atom. The molecule has 0 saturated heterocycles. The number of halogens is 1. The topological polar surface area (TPSA) is 53.1 Å². The van der Waals surface area contributed by atoms with Gasteiger partial charge in [0.05, 0.1) is 24.8 Å². The van der Waals surface area contributed by atoms with Crippen LogP contribution < -0.4 is 14.4 Å². The third-order valence-electron chi connectivity index (χ3n) is 4.60. The van der Waals surface area contributed by atoms with Gasteiger partial charge in [0.15, 0.2) is 5.13 Å². The highest BCUT2D eigenvalue weighted by atomic mass is 35.5. The highest BCUT2D eigenvalue weighted by Gasteiger charge is 2.14. The molecule has 172 valence electrons. The Kier molecular flexibility index (Phi) is 10.1. The summed E-state index contributed by atoms with van der Waals surface area (Å²) in [6.45, 7) is 3.52. The van der Waals surface area contributed by atoms with Gasteiger partial charge in [-0.1, -0.05) is 24.3 Å². The lowest BCUT2D eigenvalue weighted by atomic mass is 10.1. The molecule has 0 N–H and O–H groups in total. The van der Waals surface area contributed by atoms with Gasteiger partial charge >= 0.3 is 0 Å². The van der Waals surface area contributed by atoms with E-state index in [0.717, 1.165) is 33.5 Å². The van der Waals surface area contributed by atoms with Gasteiger partial charge in [-0.25, -0.2) is 4.98 Å². The number of hydrogen-bond donors (Lipinski definition) is 0. The summed E-state index contributed by atoms with van der Waals surface area (Å²) in [5.74, 6) is 2.05. The molecular formula is C24H29ClN2O4S. The second-order valence-electron chi connectivity index (χ2n) is 7.09. The van der Waals surface area contributed by atoms with Crippen LogP contribution in [0.5, 0.6) is 11.5 Å². The van der Waals surface area contributed by atoms with Gasteiger partial charge in [-0.05, 0) is 35.4 Å². The summed E-state index contributed by atoms with van der Waals surface area (Å²) in [4.78, 5) is 6.94. The molecule has 6 nitrogen and oxygen atoms in total. The normalized spacial score (nSPS) is 10.8. The van der Waals surface area contributed by atoms with Crippen LogP contribution in [0.4, 0.5) is 5.13 Å². The zero-order chi connectivity index (χ0) is 22.6. The van der Waals surface area contributed by atoms with Gasteiger partial charge in [-0.2, -0.15) is 0 Å². The van der Waals surface area contributed by atoms with E-state index in [1.807, 2.05) is 29.6 Å². The van der Waals surface area contributed by atoms with E-state index >= 15 is 0 Å². The first kappa shape index (κ1) is 24.3. The van der Waals surface area contributed by atoms with Crippen molar-refractivity contribution in [1.82, 2.24) is 4.98 Å². The molecule has 0 bridgehead atoms. The highest BCUT2D eigenvalue weighted by Crippen LogP contribution is 2.27. The Morgan fingerprint density at radius 2 is 1.41 bits per heavy atom. The standard InChI is InChI=1S/C24H29ClN2O4S/c1-28-9-11-30-22-7-3-5-19(13-22)16-27(24-26-21(15-25)18-32-24)17-20-6-4-8-23(14-20)31-12-10-29-2/h3-8,13-14,18H,9-12,15-17H2,1-2H3.